The normalized spacial score (nSPS) is 23.1. The van der Waals surface area contributed by atoms with Crippen LogP contribution < -0.4 is 5.32 Å². The second kappa shape index (κ2) is 9.37. The van der Waals surface area contributed by atoms with E-state index < -0.39 is 0 Å². The molecule has 3 unspecified atom stereocenters. The first kappa shape index (κ1) is 19.2. The van der Waals surface area contributed by atoms with E-state index in [0.717, 1.165) is 41.6 Å². The zero-order chi connectivity index (χ0) is 17.5. The fourth-order valence-electron chi connectivity index (χ4n) is 3.37. The molecule has 0 radical (unpaired) electrons. The van der Waals surface area contributed by atoms with E-state index in [9.17, 15) is 0 Å². The Labute approximate surface area is 150 Å². The van der Waals surface area contributed by atoms with E-state index in [1.54, 1.807) is 18.4 Å². The molecule has 0 aliphatic heterocycles. The van der Waals surface area contributed by atoms with Crippen LogP contribution in [0.3, 0.4) is 0 Å². The van der Waals surface area contributed by atoms with Crippen molar-refractivity contribution >= 4 is 17.3 Å². The molecule has 1 N–H and O–H groups in total. The summed E-state index contributed by atoms with van der Waals surface area (Å²) in [4.78, 5) is 11.2. The molecule has 1 aliphatic rings. The number of guanidine groups is 1. The fraction of sp³-hybridized carbons (Fsp3) is 0.778. The van der Waals surface area contributed by atoms with Crippen molar-refractivity contribution in [3.8, 4) is 0 Å². The molecule has 24 heavy (non-hydrogen) atoms. The van der Waals surface area contributed by atoms with Gasteiger partial charge in [0.1, 0.15) is 11.1 Å². The van der Waals surface area contributed by atoms with E-state index in [0.29, 0.717) is 0 Å². The van der Waals surface area contributed by atoms with Crippen LogP contribution >= 0.6 is 11.3 Å². The van der Waals surface area contributed by atoms with Gasteiger partial charge in [0.05, 0.1) is 12.2 Å². The smallest absolute Gasteiger partial charge is 0.193 e. The van der Waals surface area contributed by atoms with Crippen LogP contribution in [0.1, 0.15) is 56.3 Å². The number of thiazole rings is 1. The zero-order valence-corrected chi connectivity index (χ0v) is 16.5. The van der Waals surface area contributed by atoms with Crippen molar-refractivity contribution in [3.05, 3.63) is 16.1 Å². The standard InChI is InChI=1S/C18H32N4OS/c1-13-7-6-8-15(9-13)10-20-18(19-3)22(4)11-16-12-24-17(21-16)14(2)23-5/h12-15H,6-11H2,1-5H3,(H,19,20). The number of aliphatic imine (C=N–C) groups is 1. The van der Waals surface area contributed by atoms with Crippen LogP contribution in [0.2, 0.25) is 0 Å². The summed E-state index contributed by atoms with van der Waals surface area (Å²) in [7, 11) is 5.63. The van der Waals surface area contributed by atoms with Crippen molar-refractivity contribution in [3.63, 3.8) is 0 Å². The van der Waals surface area contributed by atoms with Gasteiger partial charge in [-0.2, -0.15) is 0 Å². The van der Waals surface area contributed by atoms with Gasteiger partial charge in [0.2, 0.25) is 0 Å². The summed E-state index contributed by atoms with van der Waals surface area (Å²) in [5.41, 5.74) is 1.07. The van der Waals surface area contributed by atoms with E-state index in [2.05, 4.69) is 39.5 Å². The second-order valence-corrected chi connectivity index (χ2v) is 7.87. The predicted octanol–water partition coefficient (Wildman–Crippen LogP) is 3.68. The number of nitrogens with one attached hydrogen (secondary N) is 1. The van der Waals surface area contributed by atoms with Crippen LogP contribution in [-0.4, -0.2) is 43.6 Å². The zero-order valence-electron chi connectivity index (χ0n) is 15.7. The Morgan fingerprint density at radius 3 is 3.00 bits per heavy atom. The highest BCUT2D eigenvalue weighted by atomic mass is 32.1. The van der Waals surface area contributed by atoms with E-state index >= 15 is 0 Å². The number of hydrogen-bond donors (Lipinski definition) is 1. The largest absolute Gasteiger partial charge is 0.375 e. The number of hydrogen-bond acceptors (Lipinski definition) is 4. The molecule has 1 fully saturated rings. The Balaban J connectivity index is 1.84. The van der Waals surface area contributed by atoms with E-state index in [1.165, 1.54) is 25.7 Å². The average molecular weight is 353 g/mol. The van der Waals surface area contributed by atoms with Gasteiger partial charge in [-0.15, -0.1) is 11.3 Å². The topological polar surface area (TPSA) is 49.8 Å². The lowest BCUT2D eigenvalue weighted by atomic mass is 9.82. The lowest BCUT2D eigenvalue weighted by molar-refractivity contribution is 0.119. The van der Waals surface area contributed by atoms with Crippen molar-refractivity contribution in [1.29, 1.82) is 0 Å². The first-order valence-corrected chi connectivity index (χ1v) is 9.80. The molecule has 0 saturated heterocycles. The average Bonchev–Trinajstić information content (AvgIpc) is 3.03. The molecule has 0 bridgehead atoms. The summed E-state index contributed by atoms with van der Waals surface area (Å²) < 4.78 is 5.34. The van der Waals surface area contributed by atoms with Gasteiger partial charge in [-0.05, 0) is 31.6 Å². The van der Waals surface area contributed by atoms with Gasteiger partial charge in [0.15, 0.2) is 5.96 Å². The van der Waals surface area contributed by atoms with Crippen molar-refractivity contribution in [2.24, 2.45) is 16.8 Å². The lowest BCUT2D eigenvalue weighted by Crippen LogP contribution is -2.41. The first-order valence-electron chi connectivity index (χ1n) is 8.92. The highest BCUT2D eigenvalue weighted by Crippen LogP contribution is 2.28. The summed E-state index contributed by atoms with van der Waals surface area (Å²) >= 11 is 1.66. The van der Waals surface area contributed by atoms with Crippen LogP contribution in [0.5, 0.6) is 0 Å². The SMILES string of the molecule is CN=C(NCC1CCCC(C)C1)N(C)Cc1csc(C(C)OC)n1. The monoisotopic (exact) mass is 352 g/mol. The third-order valence-electron chi connectivity index (χ3n) is 4.84. The Bertz CT molecular complexity index is 531. The molecule has 3 atom stereocenters. The molecule has 1 heterocycles. The van der Waals surface area contributed by atoms with Crippen LogP contribution in [0.25, 0.3) is 0 Å². The highest BCUT2D eigenvalue weighted by molar-refractivity contribution is 7.09. The van der Waals surface area contributed by atoms with E-state index in [4.69, 9.17) is 4.74 Å². The summed E-state index contributed by atoms with van der Waals surface area (Å²) in [6, 6.07) is 0. The van der Waals surface area contributed by atoms with Gasteiger partial charge in [-0.3, -0.25) is 4.99 Å². The van der Waals surface area contributed by atoms with Gasteiger partial charge in [-0.25, -0.2) is 4.98 Å². The molecule has 1 aliphatic carbocycles. The number of rotatable bonds is 6. The Kier molecular flexibility index (Phi) is 7.49. The van der Waals surface area contributed by atoms with Crippen molar-refractivity contribution in [2.45, 2.75) is 52.2 Å². The molecule has 0 amide bonds. The molecule has 136 valence electrons. The maximum atomic E-state index is 5.34. The van der Waals surface area contributed by atoms with E-state index in [1.807, 2.05) is 14.0 Å². The van der Waals surface area contributed by atoms with Crippen LogP contribution in [-0.2, 0) is 11.3 Å². The molecule has 1 aromatic heterocycles. The number of methoxy groups -OCH3 is 1. The molecular formula is C18H32N4OS. The molecule has 6 heteroatoms. The van der Waals surface area contributed by atoms with Gasteiger partial charge in [0.25, 0.3) is 0 Å². The summed E-state index contributed by atoms with van der Waals surface area (Å²) in [6.45, 7) is 6.17. The summed E-state index contributed by atoms with van der Waals surface area (Å²) in [6.07, 6.45) is 5.47. The van der Waals surface area contributed by atoms with E-state index in [-0.39, 0.29) is 6.10 Å². The minimum atomic E-state index is 0.0554. The van der Waals surface area contributed by atoms with Gasteiger partial charge < -0.3 is 15.0 Å². The minimum absolute atomic E-state index is 0.0554. The predicted molar refractivity (Wildman–Crippen MR) is 101 cm³/mol. The molecular weight excluding hydrogens is 320 g/mol. The Hall–Kier alpha value is -1.14. The fourth-order valence-corrected chi connectivity index (χ4v) is 4.21. The molecule has 5 nitrogen and oxygen atoms in total. The number of aromatic nitrogens is 1. The van der Waals surface area contributed by atoms with Gasteiger partial charge >= 0.3 is 0 Å². The lowest BCUT2D eigenvalue weighted by Gasteiger charge is -2.29. The van der Waals surface area contributed by atoms with Crippen LogP contribution in [0.15, 0.2) is 10.4 Å². The Morgan fingerprint density at radius 2 is 2.33 bits per heavy atom. The summed E-state index contributed by atoms with van der Waals surface area (Å²) in [5, 5.41) is 6.68. The summed E-state index contributed by atoms with van der Waals surface area (Å²) in [5.74, 6) is 2.58. The van der Waals surface area contributed by atoms with Crippen LogP contribution in [0.4, 0.5) is 0 Å². The quantitative estimate of drug-likeness (QED) is 0.627. The van der Waals surface area contributed by atoms with Crippen LogP contribution in [0, 0.1) is 11.8 Å². The van der Waals surface area contributed by atoms with Gasteiger partial charge in [-0.1, -0.05) is 19.8 Å². The third-order valence-corrected chi connectivity index (χ3v) is 5.89. The van der Waals surface area contributed by atoms with Gasteiger partial charge in [0, 0.05) is 33.1 Å². The minimum Gasteiger partial charge on any atom is -0.375 e. The molecule has 1 saturated carbocycles. The maximum absolute atomic E-state index is 5.34. The number of ether oxygens (including phenoxy) is 1. The maximum Gasteiger partial charge on any atom is 0.193 e. The van der Waals surface area contributed by atoms with Crippen molar-refractivity contribution in [1.82, 2.24) is 15.2 Å². The molecule has 0 spiro atoms. The Morgan fingerprint density at radius 1 is 1.54 bits per heavy atom. The second-order valence-electron chi connectivity index (χ2n) is 6.98. The van der Waals surface area contributed by atoms with Crippen molar-refractivity contribution < 1.29 is 4.74 Å². The molecule has 2 rings (SSSR count). The molecule has 1 aromatic rings. The number of nitrogens with zero attached hydrogens (tertiary/aromatic N) is 3. The highest BCUT2D eigenvalue weighted by Gasteiger charge is 2.19. The van der Waals surface area contributed by atoms with Crippen molar-refractivity contribution in [2.75, 3.05) is 27.7 Å². The third kappa shape index (κ3) is 5.45. The first-order chi connectivity index (χ1) is 11.5. The molecule has 0 aromatic carbocycles.